The number of nitrogens with zero attached hydrogens (tertiary/aromatic N) is 2. The van der Waals surface area contributed by atoms with E-state index in [1.807, 2.05) is 28.6 Å². The molecule has 0 unspecified atom stereocenters. The molecule has 1 N–H and O–H groups in total. The van der Waals surface area contributed by atoms with Crippen molar-refractivity contribution in [3.8, 4) is 5.69 Å². The van der Waals surface area contributed by atoms with Gasteiger partial charge in [-0.15, -0.1) is 0 Å². The van der Waals surface area contributed by atoms with Crippen LogP contribution in [0.2, 0.25) is 10.0 Å². The van der Waals surface area contributed by atoms with Crippen LogP contribution in [0.4, 0.5) is 5.82 Å². The molecule has 0 saturated heterocycles. The van der Waals surface area contributed by atoms with Gasteiger partial charge in [-0.2, -0.15) is 16.9 Å². The number of aryl methyl sites for hydroxylation is 1. The summed E-state index contributed by atoms with van der Waals surface area (Å²) >= 11 is 14.3. The number of halogens is 2. The van der Waals surface area contributed by atoms with E-state index in [1.165, 1.54) is 5.56 Å². The van der Waals surface area contributed by atoms with E-state index < -0.39 is 0 Å². The Morgan fingerprint density at radius 1 is 1.40 bits per heavy atom. The molecule has 0 saturated carbocycles. The SMILES string of the molecule is CSCCc1nn(-c2cccc(Cl)c2Cl)c2c1CCN2. The van der Waals surface area contributed by atoms with Gasteiger partial charge in [0.1, 0.15) is 5.82 Å². The Bertz CT molecular complexity index is 640. The van der Waals surface area contributed by atoms with Crippen LogP contribution in [0, 0.1) is 0 Å². The fourth-order valence-electron chi connectivity index (χ4n) is 2.48. The third-order valence-electron chi connectivity index (χ3n) is 3.44. The second-order valence-corrected chi connectivity index (χ2v) is 6.45. The summed E-state index contributed by atoms with van der Waals surface area (Å²) in [5.41, 5.74) is 3.31. The van der Waals surface area contributed by atoms with Gasteiger partial charge in [-0.3, -0.25) is 0 Å². The second kappa shape index (κ2) is 5.88. The first-order valence-electron chi connectivity index (χ1n) is 6.50. The van der Waals surface area contributed by atoms with Crippen LogP contribution in [0.1, 0.15) is 11.3 Å². The van der Waals surface area contributed by atoms with Crippen LogP contribution < -0.4 is 5.32 Å². The molecular formula is C14H15Cl2N3S. The maximum absolute atomic E-state index is 6.32. The first kappa shape index (κ1) is 14.1. The summed E-state index contributed by atoms with van der Waals surface area (Å²) in [6, 6.07) is 5.63. The van der Waals surface area contributed by atoms with E-state index in [0.29, 0.717) is 10.0 Å². The van der Waals surface area contributed by atoms with Crippen LogP contribution in [0.5, 0.6) is 0 Å². The fraction of sp³-hybridized carbons (Fsp3) is 0.357. The third-order valence-corrected chi connectivity index (χ3v) is 4.86. The lowest BCUT2D eigenvalue weighted by molar-refractivity contribution is 0.834. The van der Waals surface area contributed by atoms with Gasteiger partial charge in [0.15, 0.2) is 0 Å². The van der Waals surface area contributed by atoms with Crippen LogP contribution in [0.15, 0.2) is 18.2 Å². The number of hydrogen-bond acceptors (Lipinski definition) is 3. The lowest BCUT2D eigenvalue weighted by Gasteiger charge is -2.09. The van der Waals surface area contributed by atoms with Crippen molar-refractivity contribution in [1.82, 2.24) is 9.78 Å². The number of rotatable bonds is 4. The predicted octanol–water partition coefficient (Wildman–Crippen LogP) is 4.05. The summed E-state index contributed by atoms with van der Waals surface area (Å²) in [4.78, 5) is 0. The number of hydrogen-bond donors (Lipinski definition) is 1. The molecule has 3 nitrogen and oxygen atoms in total. The van der Waals surface area contributed by atoms with E-state index in [9.17, 15) is 0 Å². The number of aromatic nitrogens is 2. The van der Waals surface area contributed by atoms with Crippen molar-refractivity contribution in [1.29, 1.82) is 0 Å². The van der Waals surface area contributed by atoms with Crippen molar-refractivity contribution in [2.75, 3.05) is 23.9 Å². The molecule has 0 spiro atoms. The lowest BCUT2D eigenvalue weighted by atomic mass is 10.2. The van der Waals surface area contributed by atoms with Crippen molar-refractivity contribution < 1.29 is 0 Å². The van der Waals surface area contributed by atoms with Gasteiger partial charge in [0, 0.05) is 18.5 Å². The zero-order chi connectivity index (χ0) is 14.1. The highest BCUT2D eigenvalue weighted by molar-refractivity contribution is 7.98. The quantitative estimate of drug-likeness (QED) is 0.918. The molecule has 0 fully saturated rings. The molecule has 0 aliphatic carbocycles. The first-order chi connectivity index (χ1) is 9.72. The van der Waals surface area contributed by atoms with Crippen LogP contribution in [0.25, 0.3) is 5.69 Å². The standard InChI is InChI=1S/C14H15Cl2N3S/c1-20-8-6-11-9-5-7-17-14(9)19(18-11)12-4-2-3-10(15)13(12)16/h2-4,17H,5-8H2,1H3. The van der Waals surface area contributed by atoms with E-state index in [4.69, 9.17) is 28.3 Å². The van der Waals surface area contributed by atoms with Crippen molar-refractivity contribution in [2.24, 2.45) is 0 Å². The van der Waals surface area contributed by atoms with Crippen molar-refractivity contribution in [3.05, 3.63) is 39.5 Å². The van der Waals surface area contributed by atoms with Gasteiger partial charge >= 0.3 is 0 Å². The largest absolute Gasteiger partial charge is 0.369 e. The van der Waals surface area contributed by atoms with Crippen LogP contribution in [-0.4, -0.2) is 28.3 Å². The van der Waals surface area contributed by atoms with Crippen molar-refractivity contribution in [2.45, 2.75) is 12.8 Å². The molecule has 2 aromatic rings. The molecule has 1 aromatic heterocycles. The number of fused-ring (bicyclic) bond motifs is 1. The van der Waals surface area contributed by atoms with Gasteiger partial charge in [-0.05, 0) is 30.6 Å². The van der Waals surface area contributed by atoms with Gasteiger partial charge in [-0.25, -0.2) is 4.68 Å². The molecule has 0 bridgehead atoms. The Balaban J connectivity index is 2.08. The summed E-state index contributed by atoms with van der Waals surface area (Å²) in [6.07, 6.45) is 4.12. The molecule has 2 heterocycles. The number of thioether (sulfide) groups is 1. The zero-order valence-electron chi connectivity index (χ0n) is 11.1. The zero-order valence-corrected chi connectivity index (χ0v) is 13.4. The Morgan fingerprint density at radius 3 is 3.05 bits per heavy atom. The van der Waals surface area contributed by atoms with Gasteiger partial charge in [-0.1, -0.05) is 29.3 Å². The smallest absolute Gasteiger partial charge is 0.133 e. The average Bonchev–Trinajstić information content (AvgIpc) is 3.02. The molecule has 3 rings (SSSR count). The Kier molecular flexibility index (Phi) is 4.15. The molecule has 20 heavy (non-hydrogen) atoms. The average molecular weight is 328 g/mol. The highest BCUT2D eigenvalue weighted by Gasteiger charge is 2.23. The monoisotopic (exact) mass is 327 g/mol. The molecule has 0 amide bonds. The first-order valence-corrected chi connectivity index (χ1v) is 8.65. The fourth-order valence-corrected chi connectivity index (χ4v) is 3.25. The normalized spacial score (nSPS) is 13.3. The van der Waals surface area contributed by atoms with E-state index >= 15 is 0 Å². The van der Waals surface area contributed by atoms with Gasteiger partial charge in [0.05, 0.1) is 21.4 Å². The summed E-state index contributed by atoms with van der Waals surface area (Å²) in [7, 11) is 0. The number of benzene rings is 1. The predicted molar refractivity (Wildman–Crippen MR) is 87.9 cm³/mol. The maximum Gasteiger partial charge on any atom is 0.133 e. The van der Waals surface area contributed by atoms with E-state index in [0.717, 1.165) is 42.3 Å². The van der Waals surface area contributed by atoms with Crippen molar-refractivity contribution >= 4 is 40.8 Å². The highest BCUT2D eigenvalue weighted by atomic mass is 35.5. The Hall–Kier alpha value is -0.840. The molecule has 106 valence electrons. The second-order valence-electron chi connectivity index (χ2n) is 4.68. The Morgan fingerprint density at radius 2 is 2.25 bits per heavy atom. The minimum Gasteiger partial charge on any atom is -0.369 e. The summed E-state index contributed by atoms with van der Waals surface area (Å²) in [5.74, 6) is 2.14. The number of nitrogens with one attached hydrogen (secondary N) is 1. The molecule has 1 aliphatic rings. The molecule has 6 heteroatoms. The summed E-state index contributed by atoms with van der Waals surface area (Å²) in [5, 5.41) is 9.24. The molecular weight excluding hydrogens is 313 g/mol. The lowest BCUT2D eigenvalue weighted by Crippen LogP contribution is -2.06. The minimum absolute atomic E-state index is 0.546. The van der Waals surface area contributed by atoms with Crippen LogP contribution in [0.3, 0.4) is 0 Å². The third kappa shape index (κ3) is 2.41. The highest BCUT2D eigenvalue weighted by Crippen LogP contribution is 2.34. The van der Waals surface area contributed by atoms with E-state index in [-0.39, 0.29) is 0 Å². The molecule has 1 aromatic carbocycles. The summed E-state index contributed by atoms with van der Waals surface area (Å²) < 4.78 is 1.90. The number of anilines is 1. The molecule has 0 atom stereocenters. The van der Waals surface area contributed by atoms with Crippen LogP contribution in [-0.2, 0) is 12.8 Å². The maximum atomic E-state index is 6.32. The van der Waals surface area contributed by atoms with Gasteiger partial charge in [0.25, 0.3) is 0 Å². The molecule has 1 aliphatic heterocycles. The summed E-state index contributed by atoms with van der Waals surface area (Å²) in [6.45, 7) is 0.956. The van der Waals surface area contributed by atoms with E-state index in [1.54, 1.807) is 6.07 Å². The van der Waals surface area contributed by atoms with Gasteiger partial charge < -0.3 is 5.32 Å². The van der Waals surface area contributed by atoms with Crippen molar-refractivity contribution in [3.63, 3.8) is 0 Å². The molecule has 0 radical (unpaired) electrons. The van der Waals surface area contributed by atoms with Gasteiger partial charge in [0.2, 0.25) is 0 Å². The van der Waals surface area contributed by atoms with E-state index in [2.05, 4.69) is 11.6 Å². The topological polar surface area (TPSA) is 29.9 Å². The van der Waals surface area contributed by atoms with Crippen LogP contribution >= 0.6 is 35.0 Å². The minimum atomic E-state index is 0.546. The Labute approximate surface area is 132 Å².